The average molecular weight is 449 g/mol. The summed E-state index contributed by atoms with van der Waals surface area (Å²) in [5, 5.41) is 6.79. The van der Waals surface area contributed by atoms with E-state index in [1.54, 1.807) is 0 Å². The van der Waals surface area contributed by atoms with Crippen molar-refractivity contribution in [2.24, 2.45) is 0 Å². The zero-order valence-corrected chi connectivity index (χ0v) is 18.8. The first-order valence-electron chi connectivity index (χ1n) is 11.2. The van der Waals surface area contributed by atoms with Gasteiger partial charge < -0.3 is 15.4 Å². The minimum atomic E-state index is -0.0853. The predicted octanol–water partition coefficient (Wildman–Crippen LogP) is 5.65. The van der Waals surface area contributed by atoms with Crippen molar-refractivity contribution in [1.29, 1.82) is 0 Å². The lowest BCUT2D eigenvalue weighted by Crippen LogP contribution is -2.36. The number of anilines is 1. The van der Waals surface area contributed by atoms with Crippen molar-refractivity contribution >= 4 is 24.0 Å². The Hall–Kier alpha value is -2.66. The summed E-state index contributed by atoms with van der Waals surface area (Å²) < 4.78 is 5.44. The number of amides is 1. The Labute approximate surface area is 195 Å². The number of carbonyl (C=O) groups excluding carboxylic acids is 1. The van der Waals surface area contributed by atoms with Gasteiger partial charge >= 0.3 is 0 Å². The first-order valence-corrected chi connectivity index (χ1v) is 11.2. The molecule has 5 heteroatoms. The van der Waals surface area contributed by atoms with Crippen molar-refractivity contribution in [1.82, 2.24) is 5.32 Å². The molecule has 32 heavy (non-hydrogen) atoms. The molecule has 2 atom stereocenters. The Balaban J connectivity index is 0.00000245. The van der Waals surface area contributed by atoms with E-state index in [1.807, 2.05) is 54.6 Å². The van der Waals surface area contributed by atoms with Crippen molar-refractivity contribution in [3.8, 4) is 11.1 Å². The maximum atomic E-state index is 12.6. The van der Waals surface area contributed by atoms with Crippen molar-refractivity contribution in [2.45, 2.75) is 37.3 Å². The molecule has 2 unspecified atom stereocenters. The molecule has 1 aliphatic carbocycles. The van der Waals surface area contributed by atoms with E-state index >= 15 is 0 Å². The molecule has 0 spiro atoms. The Morgan fingerprint density at radius 2 is 1.47 bits per heavy atom. The molecule has 1 heterocycles. The van der Waals surface area contributed by atoms with E-state index in [4.69, 9.17) is 4.74 Å². The van der Waals surface area contributed by atoms with E-state index in [0.717, 1.165) is 42.9 Å². The van der Waals surface area contributed by atoms with Gasteiger partial charge in [0.1, 0.15) is 0 Å². The lowest BCUT2D eigenvalue weighted by atomic mass is 10.0. The SMILES string of the molecule is Cl.O=C(Nc1ccc(C2CC2NC2CCOCC2)cc1)c1ccc(-c2ccccc2)cc1. The van der Waals surface area contributed by atoms with E-state index in [-0.39, 0.29) is 18.3 Å². The van der Waals surface area contributed by atoms with Crippen LogP contribution in [0.25, 0.3) is 11.1 Å². The summed E-state index contributed by atoms with van der Waals surface area (Å²) in [5.74, 6) is 0.496. The molecule has 1 amide bonds. The molecule has 2 aliphatic rings. The molecular formula is C27H29ClN2O2. The Kier molecular flexibility index (Phi) is 7.26. The smallest absolute Gasteiger partial charge is 0.255 e. The molecule has 1 aliphatic heterocycles. The molecule has 3 aromatic carbocycles. The molecule has 5 rings (SSSR count). The maximum Gasteiger partial charge on any atom is 0.255 e. The Morgan fingerprint density at radius 1 is 0.812 bits per heavy atom. The highest BCUT2D eigenvalue weighted by Gasteiger charge is 2.39. The summed E-state index contributed by atoms with van der Waals surface area (Å²) >= 11 is 0. The van der Waals surface area contributed by atoms with Gasteiger partial charge in [-0.1, -0.05) is 54.6 Å². The molecule has 4 nitrogen and oxygen atoms in total. The minimum absolute atomic E-state index is 0. The molecular weight excluding hydrogens is 420 g/mol. The normalized spacial score (nSPS) is 20.2. The Bertz CT molecular complexity index is 1020. The molecule has 0 bridgehead atoms. The van der Waals surface area contributed by atoms with Crippen molar-refractivity contribution in [2.75, 3.05) is 18.5 Å². The van der Waals surface area contributed by atoms with Gasteiger partial charge in [0.05, 0.1) is 0 Å². The fraction of sp³-hybridized carbons (Fsp3) is 0.296. The summed E-state index contributed by atoms with van der Waals surface area (Å²) in [6.45, 7) is 1.75. The third-order valence-electron chi connectivity index (χ3n) is 6.31. The lowest BCUT2D eigenvalue weighted by Gasteiger charge is -2.23. The van der Waals surface area contributed by atoms with Gasteiger partial charge in [-0.15, -0.1) is 12.4 Å². The van der Waals surface area contributed by atoms with Crippen LogP contribution < -0.4 is 10.6 Å². The third-order valence-corrected chi connectivity index (χ3v) is 6.31. The van der Waals surface area contributed by atoms with Crippen LogP contribution in [0.1, 0.15) is 41.1 Å². The van der Waals surface area contributed by atoms with Crippen molar-refractivity contribution < 1.29 is 9.53 Å². The zero-order valence-electron chi connectivity index (χ0n) is 18.0. The fourth-order valence-corrected chi connectivity index (χ4v) is 4.38. The Morgan fingerprint density at radius 3 is 2.16 bits per heavy atom. The number of benzene rings is 3. The van der Waals surface area contributed by atoms with Crippen LogP contribution in [0.3, 0.4) is 0 Å². The van der Waals surface area contributed by atoms with Gasteiger partial charge in [0.25, 0.3) is 5.91 Å². The highest BCUT2D eigenvalue weighted by atomic mass is 35.5. The van der Waals surface area contributed by atoms with Crippen molar-refractivity contribution in [3.05, 3.63) is 90.0 Å². The molecule has 2 fully saturated rings. The highest BCUT2D eigenvalue weighted by molar-refractivity contribution is 6.04. The second-order valence-corrected chi connectivity index (χ2v) is 8.52. The summed E-state index contributed by atoms with van der Waals surface area (Å²) in [6.07, 6.45) is 3.41. The average Bonchev–Trinajstić information content (AvgIpc) is 3.60. The molecule has 3 aromatic rings. The van der Waals surface area contributed by atoms with Crippen LogP contribution in [0.2, 0.25) is 0 Å². The predicted molar refractivity (Wildman–Crippen MR) is 132 cm³/mol. The fourth-order valence-electron chi connectivity index (χ4n) is 4.38. The number of rotatable bonds is 6. The quantitative estimate of drug-likeness (QED) is 0.512. The lowest BCUT2D eigenvalue weighted by molar-refractivity contribution is 0.0774. The second-order valence-electron chi connectivity index (χ2n) is 8.52. The number of carbonyl (C=O) groups is 1. The summed E-state index contributed by atoms with van der Waals surface area (Å²) in [4.78, 5) is 12.6. The number of hydrogen-bond donors (Lipinski definition) is 2. The van der Waals surface area contributed by atoms with E-state index < -0.39 is 0 Å². The van der Waals surface area contributed by atoms with Crippen LogP contribution in [-0.4, -0.2) is 31.2 Å². The van der Waals surface area contributed by atoms with Crippen LogP contribution >= 0.6 is 12.4 Å². The summed E-state index contributed by atoms with van der Waals surface area (Å²) in [5.41, 5.74) is 5.08. The first-order chi connectivity index (χ1) is 15.3. The maximum absolute atomic E-state index is 12.6. The van der Waals surface area contributed by atoms with Crippen molar-refractivity contribution in [3.63, 3.8) is 0 Å². The van der Waals surface area contributed by atoms with Gasteiger partial charge in [0, 0.05) is 42.5 Å². The topological polar surface area (TPSA) is 50.4 Å². The van der Waals surface area contributed by atoms with Gasteiger partial charge in [-0.3, -0.25) is 4.79 Å². The van der Waals surface area contributed by atoms with Gasteiger partial charge in [-0.2, -0.15) is 0 Å². The van der Waals surface area contributed by atoms with Gasteiger partial charge in [0.2, 0.25) is 0 Å². The molecule has 0 radical (unpaired) electrons. The first kappa shape index (κ1) is 22.5. The zero-order chi connectivity index (χ0) is 21.0. The van der Waals surface area contributed by atoms with E-state index in [1.165, 1.54) is 12.0 Å². The molecule has 166 valence electrons. The van der Waals surface area contributed by atoms with E-state index in [9.17, 15) is 4.79 Å². The monoisotopic (exact) mass is 448 g/mol. The largest absolute Gasteiger partial charge is 0.381 e. The van der Waals surface area contributed by atoms with Gasteiger partial charge in [-0.05, 0) is 60.2 Å². The molecule has 0 aromatic heterocycles. The number of halogens is 1. The second kappa shape index (κ2) is 10.3. The summed E-state index contributed by atoms with van der Waals surface area (Å²) in [6, 6.07) is 27.4. The molecule has 1 saturated carbocycles. The summed E-state index contributed by atoms with van der Waals surface area (Å²) in [7, 11) is 0. The number of hydrogen-bond acceptors (Lipinski definition) is 3. The van der Waals surface area contributed by atoms with Crippen LogP contribution in [-0.2, 0) is 4.74 Å². The van der Waals surface area contributed by atoms with Crippen LogP contribution in [0.15, 0.2) is 78.9 Å². The van der Waals surface area contributed by atoms with Gasteiger partial charge in [0.15, 0.2) is 0 Å². The standard InChI is InChI=1S/C27H28N2O2.ClH/c30-27(22-8-6-20(7-9-22)19-4-2-1-3-5-19)29-23-12-10-21(11-13-23)25-18-26(25)28-24-14-16-31-17-15-24;/h1-13,24-26,28H,14-18H2,(H,29,30);1H. The van der Waals surface area contributed by atoms with Crippen LogP contribution in [0, 0.1) is 0 Å². The third kappa shape index (κ3) is 5.39. The number of ether oxygens (including phenoxy) is 1. The minimum Gasteiger partial charge on any atom is -0.381 e. The van der Waals surface area contributed by atoms with E-state index in [0.29, 0.717) is 23.6 Å². The van der Waals surface area contributed by atoms with Gasteiger partial charge in [-0.25, -0.2) is 0 Å². The number of nitrogens with one attached hydrogen (secondary N) is 2. The van der Waals surface area contributed by atoms with E-state index in [2.05, 4.69) is 34.9 Å². The highest BCUT2D eigenvalue weighted by Crippen LogP contribution is 2.41. The molecule has 1 saturated heterocycles. The molecule has 2 N–H and O–H groups in total. The van der Waals surface area contributed by atoms with Crippen LogP contribution in [0.4, 0.5) is 5.69 Å². The van der Waals surface area contributed by atoms with Crippen LogP contribution in [0.5, 0.6) is 0 Å².